The second-order valence-corrected chi connectivity index (χ2v) is 9.35. The first-order valence-electron chi connectivity index (χ1n) is 12.3. The van der Waals surface area contributed by atoms with Crippen molar-refractivity contribution in [2.45, 2.75) is 44.2 Å². The van der Waals surface area contributed by atoms with E-state index in [0.717, 1.165) is 64.8 Å². The Hall–Kier alpha value is -2.95. The van der Waals surface area contributed by atoms with Gasteiger partial charge in [0.1, 0.15) is 0 Å². The van der Waals surface area contributed by atoms with Crippen molar-refractivity contribution in [3.05, 3.63) is 40.4 Å². The highest BCUT2D eigenvalue weighted by molar-refractivity contribution is 5.96. The molecule has 0 bridgehead atoms. The first-order valence-corrected chi connectivity index (χ1v) is 12.3. The number of nitrogens with one attached hydrogen (secondary N) is 3. The summed E-state index contributed by atoms with van der Waals surface area (Å²) in [6.45, 7) is 5.77. The molecule has 1 saturated carbocycles. The third kappa shape index (κ3) is 5.08. The van der Waals surface area contributed by atoms with Gasteiger partial charge in [0.2, 0.25) is 0 Å². The Balaban J connectivity index is 1.21. The quantitative estimate of drug-likeness (QED) is 0.403. The molecule has 5 N–H and O–H groups in total. The van der Waals surface area contributed by atoms with Crippen molar-refractivity contribution in [1.82, 2.24) is 25.1 Å². The second kappa shape index (κ2) is 10.1. The van der Waals surface area contributed by atoms with E-state index in [1.54, 1.807) is 29.0 Å². The number of benzene rings is 1. The molecule has 0 unspecified atom stereocenters. The van der Waals surface area contributed by atoms with E-state index in [2.05, 4.69) is 25.8 Å². The van der Waals surface area contributed by atoms with Gasteiger partial charge < -0.3 is 31.3 Å². The lowest BCUT2D eigenvalue weighted by molar-refractivity contribution is 0.0951. The van der Waals surface area contributed by atoms with Crippen LogP contribution in [0.3, 0.4) is 0 Å². The number of amides is 1. The van der Waals surface area contributed by atoms with Crippen LogP contribution in [-0.4, -0.2) is 65.7 Å². The highest BCUT2D eigenvalue weighted by Crippen LogP contribution is 2.41. The zero-order valence-corrected chi connectivity index (χ0v) is 19.4. The fourth-order valence-electron chi connectivity index (χ4n) is 4.90. The summed E-state index contributed by atoms with van der Waals surface area (Å²) in [7, 11) is 0. The number of carbonyl (C=O) groups excluding carboxylic acids is 1. The van der Waals surface area contributed by atoms with E-state index in [4.69, 9.17) is 10.5 Å². The Morgan fingerprint density at radius 2 is 1.97 bits per heavy atom. The highest BCUT2D eigenvalue weighted by atomic mass is 16.5. The Morgan fingerprint density at radius 1 is 1.18 bits per heavy atom. The molecule has 10 heteroatoms. The van der Waals surface area contributed by atoms with E-state index in [0.29, 0.717) is 35.1 Å². The maximum atomic E-state index is 12.7. The van der Waals surface area contributed by atoms with Crippen molar-refractivity contribution in [3.63, 3.8) is 0 Å². The van der Waals surface area contributed by atoms with Crippen LogP contribution in [0.4, 0.5) is 11.5 Å². The van der Waals surface area contributed by atoms with Crippen LogP contribution >= 0.6 is 0 Å². The van der Waals surface area contributed by atoms with Crippen molar-refractivity contribution in [1.29, 1.82) is 0 Å². The van der Waals surface area contributed by atoms with E-state index in [1.165, 1.54) is 0 Å². The van der Waals surface area contributed by atoms with E-state index < -0.39 is 0 Å². The molecule has 5 rings (SSSR count). The SMILES string of the molecule is NC1CCC(n2cc3c(nc2=O)Nc2cc(C(=O)NCCCN4CCNCC4)ccc2O3)CC1. The van der Waals surface area contributed by atoms with Crippen LogP contribution < -0.4 is 32.1 Å². The van der Waals surface area contributed by atoms with Gasteiger partial charge in [-0.05, 0) is 56.8 Å². The number of anilines is 2. The van der Waals surface area contributed by atoms with Gasteiger partial charge in [0.25, 0.3) is 5.91 Å². The van der Waals surface area contributed by atoms with Crippen LogP contribution in [0.5, 0.6) is 11.5 Å². The molecule has 1 aromatic heterocycles. The molecule has 0 atom stereocenters. The molecule has 10 nitrogen and oxygen atoms in total. The lowest BCUT2D eigenvalue weighted by atomic mass is 9.91. The lowest BCUT2D eigenvalue weighted by Crippen LogP contribution is -2.44. The van der Waals surface area contributed by atoms with Gasteiger partial charge in [-0.25, -0.2) is 4.79 Å². The van der Waals surface area contributed by atoms with Crippen molar-refractivity contribution in [3.8, 4) is 11.5 Å². The number of nitrogens with zero attached hydrogens (tertiary/aromatic N) is 3. The zero-order valence-electron chi connectivity index (χ0n) is 19.4. The Bertz CT molecular complexity index is 1090. The van der Waals surface area contributed by atoms with Crippen molar-refractivity contribution < 1.29 is 9.53 Å². The maximum absolute atomic E-state index is 12.7. The van der Waals surface area contributed by atoms with Crippen molar-refractivity contribution in [2.24, 2.45) is 5.73 Å². The van der Waals surface area contributed by atoms with Crippen molar-refractivity contribution in [2.75, 3.05) is 44.6 Å². The molecule has 2 fully saturated rings. The van der Waals surface area contributed by atoms with Gasteiger partial charge in [0.15, 0.2) is 17.3 Å². The van der Waals surface area contributed by atoms with Crippen molar-refractivity contribution >= 4 is 17.4 Å². The summed E-state index contributed by atoms with van der Waals surface area (Å²) < 4.78 is 7.70. The van der Waals surface area contributed by atoms with Crippen LogP contribution in [-0.2, 0) is 0 Å². The molecule has 34 heavy (non-hydrogen) atoms. The molecule has 2 aliphatic heterocycles. The van der Waals surface area contributed by atoms with E-state index in [1.807, 2.05) is 0 Å². The molecule has 3 aliphatic rings. The Morgan fingerprint density at radius 3 is 2.76 bits per heavy atom. The van der Waals surface area contributed by atoms with Gasteiger partial charge in [-0.2, -0.15) is 4.98 Å². The molecular weight excluding hydrogens is 434 g/mol. The topological polar surface area (TPSA) is 127 Å². The first kappa shape index (κ1) is 22.8. The van der Waals surface area contributed by atoms with Gasteiger partial charge >= 0.3 is 5.69 Å². The van der Waals surface area contributed by atoms with Crippen LogP contribution in [0.1, 0.15) is 48.5 Å². The number of fused-ring (bicyclic) bond motifs is 2. The minimum atomic E-state index is -0.308. The largest absolute Gasteiger partial charge is 0.450 e. The number of piperazine rings is 1. The summed E-state index contributed by atoms with van der Waals surface area (Å²) in [5.41, 5.74) is 6.85. The minimum absolute atomic E-state index is 0.0905. The summed E-state index contributed by atoms with van der Waals surface area (Å²) >= 11 is 0. The zero-order chi connectivity index (χ0) is 23.5. The average molecular weight is 468 g/mol. The summed E-state index contributed by atoms with van der Waals surface area (Å²) in [5.74, 6) is 1.34. The third-order valence-corrected chi connectivity index (χ3v) is 6.91. The molecule has 1 saturated heterocycles. The number of ether oxygens (including phenoxy) is 1. The number of hydrogen-bond donors (Lipinski definition) is 4. The molecule has 0 radical (unpaired) electrons. The number of aromatic nitrogens is 2. The molecular formula is C24H33N7O3. The van der Waals surface area contributed by atoms with Crippen LogP contribution in [0.2, 0.25) is 0 Å². The molecule has 1 aromatic carbocycles. The standard InChI is InChI=1S/C24H33N7O3/c25-17-3-5-18(6-4-17)31-15-21-22(29-24(31)33)28-19-14-16(2-7-20(19)34-21)23(32)27-8-1-11-30-12-9-26-10-13-30/h2,7,14-15,17-18,26H,1,3-6,8-13,25H2,(H,27,32)(H,28,29,33). The van der Waals surface area contributed by atoms with Gasteiger partial charge in [-0.1, -0.05) is 0 Å². The number of carbonyl (C=O) groups is 1. The molecule has 182 valence electrons. The molecule has 1 aliphatic carbocycles. The normalized spacial score (nSPS) is 22.1. The molecule has 2 aromatic rings. The number of rotatable bonds is 6. The molecule has 0 spiro atoms. The lowest BCUT2D eigenvalue weighted by Gasteiger charge is -2.28. The predicted molar refractivity (Wildman–Crippen MR) is 130 cm³/mol. The second-order valence-electron chi connectivity index (χ2n) is 9.35. The highest BCUT2D eigenvalue weighted by Gasteiger charge is 2.25. The summed E-state index contributed by atoms with van der Waals surface area (Å²) in [6.07, 6.45) is 6.17. The van der Waals surface area contributed by atoms with Crippen LogP contribution in [0, 0.1) is 0 Å². The predicted octanol–water partition coefficient (Wildman–Crippen LogP) is 1.56. The van der Waals surface area contributed by atoms with Crippen LogP contribution in [0.15, 0.2) is 29.2 Å². The minimum Gasteiger partial charge on any atom is -0.450 e. The average Bonchev–Trinajstić information content (AvgIpc) is 2.86. The summed E-state index contributed by atoms with van der Waals surface area (Å²) in [4.78, 5) is 31.9. The fourth-order valence-corrected chi connectivity index (χ4v) is 4.90. The Kier molecular flexibility index (Phi) is 6.80. The summed E-state index contributed by atoms with van der Waals surface area (Å²) in [6, 6.07) is 5.56. The number of hydrogen-bond acceptors (Lipinski definition) is 8. The van der Waals surface area contributed by atoms with E-state index in [9.17, 15) is 9.59 Å². The van der Waals surface area contributed by atoms with Gasteiger partial charge in [0.05, 0.1) is 11.9 Å². The first-order chi connectivity index (χ1) is 16.6. The Labute approximate surface area is 198 Å². The van der Waals surface area contributed by atoms with Crippen LogP contribution in [0.25, 0.3) is 0 Å². The van der Waals surface area contributed by atoms with Gasteiger partial charge in [-0.15, -0.1) is 0 Å². The smallest absolute Gasteiger partial charge is 0.350 e. The van der Waals surface area contributed by atoms with E-state index >= 15 is 0 Å². The third-order valence-electron chi connectivity index (χ3n) is 6.91. The fraction of sp³-hybridized carbons (Fsp3) is 0.542. The summed E-state index contributed by atoms with van der Waals surface area (Å²) in [5, 5.41) is 9.50. The monoisotopic (exact) mass is 467 g/mol. The number of nitrogens with two attached hydrogens (primary N) is 1. The van der Waals surface area contributed by atoms with E-state index in [-0.39, 0.29) is 23.7 Å². The molecule has 1 amide bonds. The van der Waals surface area contributed by atoms with Gasteiger partial charge in [-0.3, -0.25) is 9.36 Å². The molecule has 3 heterocycles. The maximum Gasteiger partial charge on any atom is 0.350 e. The van der Waals surface area contributed by atoms with Gasteiger partial charge in [0, 0.05) is 50.4 Å².